The second-order valence-electron chi connectivity index (χ2n) is 8.28. The monoisotopic (exact) mass is 445 g/mol. The maximum atomic E-state index is 13.0. The number of hydrogen-bond donors (Lipinski definition) is 1. The van der Waals surface area contributed by atoms with Crippen LogP contribution in [0.5, 0.6) is 11.5 Å². The van der Waals surface area contributed by atoms with Crippen molar-refractivity contribution in [2.45, 2.75) is 31.8 Å². The summed E-state index contributed by atoms with van der Waals surface area (Å²) in [7, 11) is 1.36. The molecule has 32 heavy (non-hydrogen) atoms. The van der Waals surface area contributed by atoms with Crippen LogP contribution in [0.15, 0.2) is 48.5 Å². The zero-order valence-electron chi connectivity index (χ0n) is 18.7. The summed E-state index contributed by atoms with van der Waals surface area (Å²) in [6, 6.07) is 13.4. The molecule has 3 atom stereocenters. The van der Waals surface area contributed by atoms with Gasteiger partial charge in [-0.25, -0.2) is 4.39 Å². The zero-order chi connectivity index (χ0) is 22.9. The van der Waals surface area contributed by atoms with Crippen molar-refractivity contribution in [1.82, 2.24) is 4.90 Å². The van der Waals surface area contributed by atoms with E-state index < -0.39 is 12.0 Å². The fourth-order valence-corrected chi connectivity index (χ4v) is 4.01. The van der Waals surface area contributed by atoms with Crippen LogP contribution in [0.3, 0.4) is 0 Å². The highest BCUT2D eigenvalue weighted by molar-refractivity contribution is 5.78. The number of aliphatic hydroxyl groups excluding tert-OH is 1. The minimum Gasteiger partial charge on any atom is -0.493 e. The van der Waals surface area contributed by atoms with E-state index in [4.69, 9.17) is 14.2 Å². The van der Waals surface area contributed by atoms with Gasteiger partial charge in [0.05, 0.1) is 19.6 Å². The van der Waals surface area contributed by atoms with Gasteiger partial charge in [-0.1, -0.05) is 18.2 Å². The molecule has 6 nitrogen and oxygen atoms in total. The number of ether oxygens (including phenoxy) is 3. The lowest BCUT2D eigenvalue weighted by Gasteiger charge is -2.33. The van der Waals surface area contributed by atoms with Crippen molar-refractivity contribution in [1.29, 1.82) is 0 Å². The van der Waals surface area contributed by atoms with Gasteiger partial charge in [-0.2, -0.15) is 0 Å². The van der Waals surface area contributed by atoms with Crippen molar-refractivity contribution in [3.05, 3.63) is 59.9 Å². The molecule has 2 aromatic carbocycles. The number of esters is 1. The summed E-state index contributed by atoms with van der Waals surface area (Å²) in [6.45, 7) is 4.72. The van der Waals surface area contributed by atoms with E-state index in [0.717, 1.165) is 31.5 Å². The first kappa shape index (κ1) is 24.0. The van der Waals surface area contributed by atoms with E-state index in [2.05, 4.69) is 4.90 Å². The van der Waals surface area contributed by atoms with Crippen molar-refractivity contribution < 1.29 is 28.5 Å². The number of hydrogen-bond acceptors (Lipinski definition) is 6. The van der Waals surface area contributed by atoms with Gasteiger partial charge < -0.3 is 24.2 Å². The predicted molar refractivity (Wildman–Crippen MR) is 119 cm³/mol. The fraction of sp³-hybridized carbons (Fsp3) is 0.480. The highest BCUT2D eigenvalue weighted by atomic mass is 19.1. The van der Waals surface area contributed by atoms with Gasteiger partial charge in [0.1, 0.15) is 30.0 Å². The number of likely N-dealkylation sites (tertiary alicyclic amines) is 1. The molecule has 0 aromatic heterocycles. The molecule has 0 radical (unpaired) electrons. The Balaban J connectivity index is 1.46. The first-order valence-corrected chi connectivity index (χ1v) is 11.0. The number of carbonyl (C=O) groups is 1. The van der Waals surface area contributed by atoms with Gasteiger partial charge in [0.25, 0.3) is 0 Å². The van der Waals surface area contributed by atoms with Gasteiger partial charge in [-0.15, -0.1) is 0 Å². The number of carbonyl (C=O) groups excluding carboxylic acids is 1. The van der Waals surface area contributed by atoms with Gasteiger partial charge in [-0.05, 0) is 56.6 Å². The van der Waals surface area contributed by atoms with Crippen LogP contribution < -0.4 is 9.47 Å². The van der Waals surface area contributed by atoms with Crippen LogP contribution >= 0.6 is 0 Å². The maximum Gasteiger partial charge on any atom is 0.312 e. The molecular formula is C25H32FNO5. The van der Waals surface area contributed by atoms with Crippen LogP contribution in [0.25, 0.3) is 0 Å². The summed E-state index contributed by atoms with van der Waals surface area (Å²) in [6.07, 6.45) is 1.43. The largest absolute Gasteiger partial charge is 0.493 e. The number of benzene rings is 2. The Morgan fingerprint density at radius 3 is 2.69 bits per heavy atom. The van der Waals surface area contributed by atoms with Crippen LogP contribution in [0.2, 0.25) is 0 Å². The molecule has 1 heterocycles. The number of halogens is 1. The molecular weight excluding hydrogens is 413 g/mol. The van der Waals surface area contributed by atoms with Crippen molar-refractivity contribution in [2.75, 3.05) is 40.0 Å². The van der Waals surface area contributed by atoms with E-state index in [0.29, 0.717) is 30.6 Å². The molecule has 1 aliphatic rings. The van der Waals surface area contributed by atoms with E-state index in [1.807, 2.05) is 18.2 Å². The highest BCUT2D eigenvalue weighted by Gasteiger charge is 2.24. The summed E-state index contributed by atoms with van der Waals surface area (Å²) in [5, 5.41) is 10.5. The smallest absolute Gasteiger partial charge is 0.312 e. The molecule has 3 unspecified atom stereocenters. The average Bonchev–Trinajstić information content (AvgIpc) is 2.82. The topological polar surface area (TPSA) is 68.2 Å². The van der Waals surface area contributed by atoms with Crippen LogP contribution in [-0.4, -0.2) is 62.0 Å². The number of nitrogens with zero attached hydrogens (tertiary/aromatic N) is 1. The predicted octanol–water partition coefficient (Wildman–Crippen LogP) is 3.63. The lowest BCUT2D eigenvalue weighted by atomic mass is 9.98. The van der Waals surface area contributed by atoms with Gasteiger partial charge in [0, 0.05) is 24.6 Å². The van der Waals surface area contributed by atoms with E-state index in [1.54, 1.807) is 25.1 Å². The quantitative estimate of drug-likeness (QED) is 0.564. The van der Waals surface area contributed by atoms with E-state index in [-0.39, 0.29) is 18.4 Å². The maximum absolute atomic E-state index is 13.0. The molecule has 3 rings (SSSR count). The Kier molecular flexibility index (Phi) is 8.88. The summed E-state index contributed by atoms with van der Waals surface area (Å²) in [4.78, 5) is 14.1. The SMILES string of the molecule is COC(=O)C(C)c1ccccc1OCC(O)CN1CCCC(COc2ccc(F)cc2)C1. The second-order valence-corrected chi connectivity index (χ2v) is 8.28. The molecule has 174 valence electrons. The van der Waals surface area contributed by atoms with Crippen molar-refractivity contribution in [3.63, 3.8) is 0 Å². The third-order valence-corrected chi connectivity index (χ3v) is 5.74. The van der Waals surface area contributed by atoms with Crippen LogP contribution in [0, 0.1) is 11.7 Å². The number of para-hydroxylation sites is 1. The highest BCUT2D eigenvalue weighted by Crippen LogP contribution is 2.27. The van der Waals surface area contributed by atoms with E-state index in [1.165, 1.54) is 19.2 Å². The lowest BCUT2D eigenvalue weighted by molar-refractivity contribution is -0.142. The van der Waals surface area contributed by atoms with Gasteiger partial charge >= 0.3 is 5.97 Å². The van der Waals surface area contributed by atoms with E-state index >= 15 is 0 Å². The summed E-state index contributed by atoms with van der Waals surface area (Å²) in [5.74, 6) is 0.537. The number of methoxy groups -OCH3 is 1. The molecule has 7 heteroatoms. The van der Waals surface area contributed by atoms with Crippen LogP contribution in [0.4, 0.5) is 4.39 Å². The standard InChI is InChI=1S/C25H32FNO5/c1-18(25(29)30-2)23-7-3-4-8-24(23)32-17-21(28)15-27-13-5-6-19(14-27)16-31-22-11-9-20(26)10-12-22/h3-4,7-12,18-19,21,28H,5-6,13-17H2,1-2H3. The third kappa shape index (κ3) is 6.93. The zero-order valence-corrected chi connectivity index (χ0v) is 18.7. The Morgan fingerprint density at radius 2 is 1.94 bits per heavy atom. The number of piperidine rings is 1. The molecule has 0 amide bonds. The molecule has 0 saturated carbocycles. The average molecular weight is 446 g/mol. The van der Waals surface area contributed by atoms with Gasteiger partial charge in [0.15, 0.2) is 0 Å². The molecule has 1 N–H and O–H groups in total. The second kappa shape index (κ2) is 11.8. The minimum absolute atomic E-state index is 0.137. The number of rotatable bonds is 10. The molecule has 0 bridgehead atoms. The number of aliphatic hydroxyl groups is 1. The lowest BCUT2D eigenvalue weighted by Crippen LogP contribution is -2.43. The summed E-state index contributed by atoms with van der Waals surface area (Å²) < 4.78 is 29.5. The van der Waals surface area contributed by atoms with Crippen molar-refractivity contribution in [3.8, 4) is 11.5 Å². The minimum atomic E-state index is -0.659. The Morgan fingerprint density at radius 1 is 1.19 bits per heavy atom. The van der Waals surface area contributed by atoms with E-state index in [9.17, 15) is 14.3 Å². The van der Waals surface area contributed by atoms with Crippen molar-refractivity contribution >= 4 is 5.97 Å². The molecule has 2 aromatic rings. The van der Waals surface area contributed by atoms with Crippen LogP contribution in [-0.2, 0) is 9.53 Å². The number of β-amino-alcohol motifs (C(OH)–C–C–N with tert-alkyl or cyclic N) is 1. The fourth-order valence-electron chi connectivity index (χ4n) is 4.01. The first-order valence-electron chi connectivity index (χ1n) is 11.0. The summed E-state index contributed by atoms with van der Waals surface area (Å²) >= 11 is 0. The molecule has 1 aliphatic heterocycles. The normalized spacial score (nSPS) is 18.6. The first-order chi connectivity index (χ1) is 15.5. The van der Waals surface area contributed by atoms with Crippen molar-refractivity contribution in [2.24, 2.45) is 5.92 Å². The molecule has 0 spiro atoms. The Hall–Kier alpha value is -2.64. The molecule has 1 saturated heterocycles. The molecule has 1 fully saturated rings. The van der Waals surface area contributed by atoms with Gasteiger partial charge in [0.2, 0.25) is 0 Å². The third-order valence-electron chi connectivity index (χ3n) is 5.74. The Bertz CT molecular complexity index is 860. The summed E-state index contributed by atoms with van der Waals surface area (Å²) in [5.41, 5.74) is 0.738. The van der Waals surface area contributed by atoms with Gasteiger partial charge in [-0.3, -0.25) is 4.79 Å². The molecule has 0 aliphatic carbocycles. The Labute approximate surface area is 188 Å². The van der Waals surface area contributed by atoms with Crippen LogP contribution in [0.1, 0.15) is 31.2 Å².